The Morgan fingerprint density at radius 1 is 1.33 bits per heavy atom. The third-order valence-electron chi connectivity index (χ3n) is 3.61. The monoisotopic (exact) mass is 306 g/mol. The molecule has 0 bridgehead atoms. The highest BCUT2D eigenvalue weighted by molar-refractivity contribution is 7.18. The van der Waals surface area contributed by atoms with Gasteiger partial charge in [-0.15, -0.1) is 11.3 Å². The first kappa shape index (κ1) is 14.9. The van der Waals surface area contributed by atoms with E-state index in [2.05, 4.69) is 30.4 Å². The predicted octanol–water partition coefficient (Wildman–Crippen LogP) is 2.97. The van der Waals surface area contributed by atoms with Crippen molar-refractivity contribution in [2.24, 2.45) is 0 Å². The van der Waals surface area contributed by atoms with Gasteiger partial charge in [0.2, 0.25) is 0 Å². The molecule has 0 amide bonds. The van der Waals surface area contributed by atoms with E-state index in [1.807, 2.05) is 6.07 Å². The summed E-state index contributed by atoms with van der Waals surface area (Å²) in [6.07, 6.45) is 2.88. The number of benzene rings is 1. The van der Waals surface area contributed by atoms with E-state index in [1.165, 1.54) is 9.71 Å². The fourth-order valence-corrected chi connectivity index (χ4v) is 3.63. The summed E-state index contributed by atoms with van der Waals surface area (Å²) < 4.78 is 12.4. The third kappa shape index (κ3) is 4.01. The molecule has 1 unspecified atom stereocenters. The second-order valence-electron chi connectivity index (χ2n) is 5.34. The van der Waals surface area contributed by atoms with Gasteiger partial charge in [-0.3, -0.25) is 0 Å². The zero-order valence-corrected chi connectivity index (χ0v) is 13.2. The van der Waals surface area contributed by atoms with Crippen molar-refractivity contribution >= 4 is 21.6 Å². The first-order valence-corrected chi connectivity index (χ1v) is 8.48. The molecule has 1 N–H and O–H groups in total. The summed E-state index contributed by atoms with van der Waals surface area (Å²) in [6.45, 7) is 4.63. The first-order chi connectivity index (χ1) is 10.3. The van der Waals surface area contributed by atoms with Crippen LogP contribution >= 0.6 is 11.3 Å². The molecule has 1 saturated heterocycles. The molecule has 1 aliphatic rings. The summed E-state index contributed by atoms with van der Waals surface area (Å²) in [7, 11) is 0. The molecule has 21 heavy (non-hydrogen) atoms. The second-order valence-corrected chi connectivity index (χ2v) is 6.45. The fourth-order valence-electron chi connectivity index (χ4n) is 2.58. The number of thiazole rings is 1. The van der Waals surface area contributed by atoms with Crippen molar-refractivity contribution < 1.29 is 9.47 Å². The highest BCUT2D eigenvalue weighted by Gasteiger charge is 2.22. The molecule has 1 aromatic carbocycles. The number of ether oxygens (including phenoxy) is 2. The maximum absolute atomic E-state index is 5.58. The van der Waals surface area contributed by atoms with E-state index in [1.54, 1.807) is 11.3 Å². The molecule has 2 aromatic rings. The van der Waals surface area contributed by atoms with Gasteiger partial charge in [-0.05, 0) is 25.1 Å². The normalized spacial score (nSPS) is 17.6. The van der Waals surface area contributed by atoms with Crippen molar-refractivity contribution in [1.82, 2.24) is 10.3 Å². The van der Waals surface area contributed by atoms with Gasteiger partial charge in [-0.1, -0.05) is 19.1 Å². The number of hydrogen-bond donors (Lipinski definition) is 1. The van der Waals surface area contributed by atoms with Crippen molar-refractivity contribution in [1.29, 1.82) is 0 Å². The molecule has 1 fully saturated rings. The van der Waals surface area contributed by atoms with Crippen LogP contribution in [-0.4, -0.2) is 37.1 Å². The summed E-state index contributed by atoms with van der Waals surface area (Å²) in [5.41, 5.74) is 1.10. The zero-order chi connectivity index (χ0) is 14.5. The number of aromatic nitrogens is 1. The lowest BCUT2D eigenvalue weighted by Gasteiger charge is -2.20. The van der Waals surface area contributed by atoms with Crippen molar-refractivity contribution in [3.8, 4) is 0 Å². The topological polar surface area (TPSA) is 43.4 Å². The van der Waals surface area contributed by atoms with Crippen LogP contribution in [0.15, 0.2) is 24.3 Å². The van der Waals surface area contributed by atoms with Crippen LogP contribution in [0, 0.1) is 0 Å². The van der Waals surface area contributed by atoms with E-state index in [0.29, 0.717) is 19.3 Å². The Bertz CT molecular complexity index is 533. The number of rotatable bonds is 7. The average molecular weight is 306 g/mol. The van der Waals surface area contributed by atoms with Crippen molar-refractivity contribution in [3.05, 3.63) is 29.3 Å². The standard InChI is InChI=1S/C16H22N2O2S/c1-2-7-17-12(11-16-19-8-9-20-16)10-15-18-13-5-3-4-6-14(13)21-15/h3-6,12,16-17H,2,7-11H2,1H3. The van der Waals surface area contributed by atoms with Gasteiger partial charge >= 0.3 is 0 Å². The number of fused-ring (bicyclic) bond motifs is 1. The lowest BCUT2D eigenvalue weighted by Crippen LogP contribution is -2.35. The summed E-state index contributed by atoms with van der Waals surface area (Å²) in [5.74, 6) is 0. The van der Waals surface area contributed by atoms with Crippen LogP contribution in [-0.2, 0) is 15.9 Å². The minimum Gasteiger partial charge on any atom is -0.350 e. The molecule has 114 valence electrons. The smallest absolute Gasteiger partial charge is 0.159 e. The molecule has 3 rings (SSSR count). The predicted molar refractivity (Wildman–Crippen MR) is 85.7 cm³/mol. The SMILES string of the molecule is CCCNC(Cc1nc2ccccc2s1)CC1OCCO1. The number of nitrogens with one attached hydrogen (secondary N) is 1. The molecule has 1 aliphatic heterocycles. The Labute approximate surface area is 129 Å². The maximum atomic E-state index is 5.58. The van der Waals surface area contributed by atoms with Gasteiger partial charge in [0.05, 0.1) is 28.4 Å². The summed E-state index contributed by atoms with van der Waals surface area (Å²) in [4.78, 5) is 4.73. The van der Waals surface area contributed by atoms with Gasteiger partial charge in [-0.2, -0.15) is 0 Å². The van der Waals surface area contributed by atoms with Crippen LogP contribution < -0.4 is 5.32 Å². The second kappa shape index (κ2) is 7.31. The van der Waals surface area contributed by atoms with Crippen LogP contribution in [0.2, 0.25) is 0 Å². The van der Waals surface area contributed by atoms with Gasteiger partial charge in [0.1, 0.15) is 0 Å². The Morgan fingerprint density at radius 3 is 2.90 bits per heavy atom. The van der Waals surface area contributed by atoms with E-state index in [-0.39, 0.29) is 6.29 Å². The highest BCUT2D eigenvalue weighted by atomic mass is 32.1. The van der Waals surface area contributed by atoms with Crippen LogP contribution in [0.25, 0.3) is 10.2 Å². The Hall–Kier alpha value is -1.01. The average Bonchev–Trinajstić information content (AvgIpc) is 3.13. The number of para-hydroxylation sites is 1. The quantitative estimate of drug-likeness (QED) is 0.854. The largest absolute Gasteiger partial charge is 0.350 e. The van der Waals surface area contributed by atoms with Gasteiger partial charge in [0, 0.05) is 18.9 Å². The maximum Gasteiger partial charge on any atom is 0.159 e. The van der Waals surface area contributed by atoms with E-state index in [4.69, 9.17) is 14.5 Å². The van der Waals surface area contributed by atoms with Gasteiger partial charge in [-0.25, -0.2) is 4.98 Å². The molecule has 1 atom stereocenters. The summed E-state index contributed by atoms with van der Waals surface area (Å²) >= 11 is 1.78. The van der Waals surface area contributed by atoms with Crippen molar-refractivity contribution in [2.45, 2.75) is 38.5 Å². The van der Waals surface area contributed by atoms with E-state index in [0.717, 1.165) is 31.3 Å². The van der Waals surface area contributed by atoms with Gasteiger partial charge < -0.3 is 14.8 Å². The third-order valence-corrected chi connectivity index (χ3v) is 4.67. The van der Waals surface area contributed by atoms with Crippen molar-refractivity contribution in [2.75, 3.05) is 19.8 Å². The van der Waals surface area contributed by atoms with E-state index >= 15 is 0 Å². The lowest BCUT2D eigenvalue weighted by molar-refractivity contribution is -0.0526. The first-order valence-electron chi connectivity index (χ1n) is 7.66. The van der Waals surface area contributed by atoms with E-state index in [9.17, 15) is 0 Å². The Kier molecular flexibility index (Phi) is 5.19. The molecule has 0 spiro atoms. The fraction of sp³-hybridized carbons (Fsp3) is 0.562. The molecule has 0 radical (unpaired) electrons. The van der Waals surface area contributed by atoms with E-state index < -0.39 is 0 Å². The number of hydrogen-bond acceptors (Lipinski definition) is 5. The van der Waals surface area contributed by atoms with Crippen LogP contribution in [0.4, 0.5) is 0 Å². The summed E-state index contributed by atoms with van der Waals surface area (Å²) in [6, 6.07) is 8.67. The number of nitrogens with zero attached hydrogens (tertiary/aromatic N) is 1. The molecule has 5 heteroatoms. The van der Waals surface area contributed by atoms with Crippen LogP contribution in [0.1, 0.15) is 24.8 Å². The molecule has 4 nitrogen and oxygen atoms in total. The Morgan fingerprint density at radius 2 is 2.14 bits per heavy atom. The summed E-state index contributed by atoms with van der Waals surface area (Å²) in [5, 5.41) is 4.78. The van der Waals surface area contributed by atoms with Crippen LogP contribution in [0.5, 0.6) is 0 Å². The molecule has 0 aliphatic carbocycles. The molecular formula is C16H22N2O2S. The molecule has 0 saturated carbocycles. The lowest BCUT2D eigenvalue weighted by atomic mass is 10.1. The van der Waals surface area contributed by atoms with Gasteiger partial charge in [0.25, 0.3) is 0 Å². The van der Waals surface area contributed by atoms with Crippen LogP contribution in [0.3, 0.4) is 0 Å². The molecule has 2 heterocycles. The Balaban J connectivity index is 1.66. The zero-order valence-electron chi connectivity index (χ0n) is 12.4. The van der Waals surface area contributed by atoms with Gasteiger partial charge in [0.15, 0.2) is 6.29 Å². The minimum absolute atomic E-state index is 0.0614. The minimum atomic E-state index is -0.0614. The molecule has 1 aromatic heterocycles. The highest BCUT2D eigenvalue weighted by Crippen LogP contribution is 2.23. The van der Waals surface area contributed by atoms with Crippen molar-refractivity contribution in [3.63, 3.8) is 0 Å². The molecular weight excluding hydrogens is 284 g/mol.